The largest absolute Gasteiger partial charge is 0.493 e. The highest BCUT2D eigenvalue weighted by Crippen LogP contribution is 2.11. The minimum absolute atomic E-state index is 0.499. The maximum absolute atomic E-state index is 10.3. The highest BCUT2D eigenvalue weighted by atomic mass is 16.5. The minimum atomic E-state index is 0.499. The maximum Gasteiger partial charge on any atom is 0.150 e. The van der Waals surface area contributed by atoms with E-state index >= 15 is 0 Å². The van der Waals surface area contributed by atoms with E-state index in [9.17, 15) is 4.79 Å². The topological polar surface area (TPSA) is 26.3 Å². The molecule has 2 nitrogen and oxygen atoms in total. The number of aldehydes is 1. The van der Waals surface area contributed by atoms with Gasteiger partial charge in [-0.15, -0.1) is 0 Å². The Bertz CT molecular complexity index is 262. The van der Waals surface area contributed by atoms with Crippen LogP contribution in [-0.4, -0.2) is 12.9 Å². The van der Waals surface area contributed by atoms with Crippen molar-refractivity contribution in [1.82, 2.24) is 0 Å². The van der Waals surface area contributed by atoms with E-state index < -0.39 is 0 Å². The normalized spacial score (nSPS) is 10.1. The van der Waals surface area contributed by atoms with Crippen molar-refractivity contribution in [2.75, 3.05) is 6.61 Å². The molecule has 0 aromatic heterocycles. The van der Waals surface area contributed by atoms with Crippen LogP contribution in [0.2, 0.25) is 0 Å². The van der Waals surface area contributed by atoms with Crippen molar-refractivity contribution in [3.8, 4) is 5.75 Å². The molecule has 0 aliphatic carbocycles. The lowest BCUT2D eigenvalue weighted by Gasteiger charge is -2.07. The number of carbonyl (C=O) groups excluding carboxylic acids is 1. The molecule has 0 atom stereocenters. The summed E-state index contributed by atoms with van der Waals surface area (Å²) in [6.07, 6.45) is 0.794. The van der Waals surface area contributed by atoms with Crippen LogP contribution in [0.25, 0.3) is 0 Å². The zero-order valence-corrected chi connectivity index (χ0v) is 7.91. The summed E-state index contributed by atoms with van der Waals surface area (Å²) in [7, 11) is 0. The molecule has 1 aromatic rings. The van der Waals surface area contributed by atoms with Crippen LogP contribution in [-0.2, 0) is 0 Å². The second-order valence-corrected chi connectivity index (χ2v) is 3.31. The molecule has 13 heavy (non-hydrogen) atoms. The van der Waals surface area contributed by atoms with Gasteiger partial charge in [0.2, 0.25) is 0 Å². The monoisotopic (exact) mass is 177 g/mol. The molecular weight excluding hydrogens is 164 g/mol. The zero-order chi connectivity index (χ0) is 9.68. The highest BCUT2D eigenvalue weighted by Gasteiger charge is 1.97. The second kappa shape index (κ2) is 4.65. The lowest BCUT2D eigenvalue weighted by molar-refractivity contribution is 0.112. The molecule has 0 saturated heterocycles. The summed E-state index contributed by atoms with van der Waals surface area (Å²) < 4.78 is 5.40. The first kappa shape index (κ1) is 9.78. The van der Waals surface area contributed by atoms with Gasteiger partial charge in [0.15, 0.2) is 0 Å². The summed E-state index contributed by atoms with van der Waals surface area (Å²) in [5.41, 5.74) is 0.622. The van der Waals surface area contributed by atoms with Gasteiger partial charge in [-0.05, 0) is 24.1 Å². The van der Waals surface area contributed by atoms with Crippen molar-refractivity contribution >= 4 is 6.29 Å². The number of hydrogen-bond donors (Lipinski definition) is 0. The number of carbonyl (C=O) groups is 1. The first-order valence-corrected chi connectivity index (χ1v) is 4.32. The van der Waals surface area contributed by atoms with Crippen molar-refractivity contribution in [2.45, 2.75) is 13.8 Å². The maximum atomic E-state index is 10.3. The van der Waals surface area contributed by atoms with Crippen LogP contribution < -0.4 is 4.74 Å². The quantitative estimate of drug-likeness (QED) is 0.660. The summed E-state index contributed by atoms with van der Waals surface area (Å²) in [6, 6.07) is 7.99. The lowest BCUT2D eigenvalue weighted by atomic mass is 10.2. The molecular formula is C11H13O2. The Balaban J connectivity index is 2.54. The molecule has 0 fully saturated rings. The Kier molecular flexibility index (Phi) is 3.50. The summed E-state index contributed by atoms with van der Waals surface area (Å²) in [6.45, 7) is 4.84. The number of hydrogen-bond acceptors (Lipinski definition) is 2. The highest BCUT2D eigenvalue weighted by molar-refractivity contribution is 5.74. The standard InChI is InChI=1S/C11H13O2/c1-9(2)8-13-11-5-3-10(7-12)4-6-11/h3-5,7,9H,8H2,1-2H3. The third-order valence-electron chi connectivity index (χ3n) is 1.52. The van der Waals surface area contributed by atoms with E-state index in [-0.39, 0.29) is 0 Å². The summed E-state index contributed by atoms with van der Waals surface area (Å²) in [5, 5.41) is 0. The van der Waals surface area contributed by atoms with Crippen LogP contribution in [0.3, 0.4) is 0 Å². The third kappa shape index (κ3) is 3.28. The first-order valence-electron chi connectivity index (χ1n) is 4.32. The van der Waals surface area contributed by atoms with Gasteiger partial charge in [0.1, 0.15) is 12.0 Å². The summed E-state index contributed by atoms with van der Waals surface area (Å²) in [4.78, 5) is 10.3. The molecule has 1 radical (unpaired) electrons. The average Bonchev–Trinajstić information content (AvgIpc) is 2.15. The lowest BCUT2D eigenvalue weighted by Crippen LogP contribution is -2.04. The Morgan fingerprint density at radius 1 is 1.54 bits per heavy atom. The fourth-order valence-electron chi connectivity index (χ4n) is 0.842. The Labute approximate surface area is 78.5 Å². The van der Waals surface area contributed by atoms with Gasteiger partial charge in [-0.25, -0.2) is 0 Å². The minimum Gasteiger partial charge on any atom is -0.493 e. The van der Waals surface area contributed by atoms with Gasteiger partial charge < -0.3 is 4.74 Å². The predicted molar refractivity (Wildman–Crippen MR) is 51.0 cm³/mol. The second-order valence-electron chi connectivity index (χ2n) is 3.31. The van der Waals surface area contributed by atoms with E-state index in [0.717, 1.165) is 6.29 Å². The molecule has 1 rings (SSSR count). The first-order chi connectivity index (χ1) is 6.22. The van der Waals surface area contributed by atoms with Crippen LogP contribution in [0.15, 0.2) is 18.2 Å². The Hall–Kier alpha value is -1.31. The zero-order valence-electron chi connectivity index (χ0n) is 7.91. The number of ether oxygens (including phenoxy) is 1. The SMILES string of the molecule is CC(C)COc1[c]cc(C=O)cc1. The molecule has 0 saturated carbocycles. The Morgan fingerprint density at radius 3 is 2.77 bits per heavy atom. The predicted octanol–water partition coefficient (Wildman–Crippen LogP) is 2.33. The smallest absolute Gasteiger partial charge is 0.150 e. The van der Waals surface area contributed by atoms with Crippen molar-refractivity contribution in [2.24, 2.45) is 5.92 Å². The van der Waals surface area contributed by atoms with Gasteiger partial charge in [-0.2, -0.15) is 0 Å². The van der Waals surface area contributed by atoms with Crippen LogP contribution >= 0.6 is 0 Å². The van der Waals surface area contributed by atoms with Gasteiger partial charge in [0, 0.05) is 11.6 Å². The van der Waals surface area contributed by atoms with Crippen LogP contribution in [0.5, 0.6) is 5.75 Å². The molecule has 0 spiro atoms. The third-order valence-corrected chi connectivity index (χ3v) is 1.52. The van der Waals surface area contributed by atoms with E-state index in [1.807, 2.05) is 0 Å². The Morgan fingerprint density at radius 2 is 2.31 bits per heavy atom. The molecule has 1 aromatic carbocycles. The average molecular weight is 177 g/mol. The molecule has 0 heterocycles. The molecule has 0 unspecified atom stereocenters. The van der Waals surface area contributed by atoms with Gasteiger partial charge in [0.05, 0.1) is 6.61 Å². The molecule has 0 amide bonds. The van der Waals surface area contributed by atoms with Crippen molar-refractivity contribution in [1.29, 1.82) is 0 Å². The molecule has 0 aliphatic rings. The van der Waals surface area contributed by atoms with Crippen LogP contribution in [0, 0.1) is 12.0 Å². The van der Waals surface area contributed by atoms with E-state index in [0.29, 0.717) is 23.8 Å². The van der Waals surface area contributed by atoms with E-state index in [1.54, 1.807) is 18.2 Å². The molecule has 69 valence electrons. The van der Waals surface area contributed by atoms with Gasteiger partial charge >= 0.3 is 0 Å². The molecule has 0 bridgehead atoms. The van der Waals surface area contributed by atoms with Gasteiger partial charge in [-0.1, -0.05) is 13.8 Å². The number of rotatable bonds is 4. The van der Waals surface area contributed by atoms with Gasteiger partial charge in [-0.3, -0.25) is 4.79 Å². The van der Waals surface area contributed by atoms with E-state index in [4.69, 9.17) is 4.74 Å². The fraction of sp³-hybridized carbons (Fsp3) is 0.364. The number of benzene rings is 1. The molecule has 0 N–H and O–H groups in total. The van der Waals surface area contributed by atoms with E-state index in [2.05, 4.69) is 19.9 Å². The summed E-state index contributed by atoms with van der Waals surface area (Å²) >= 11 is 0. The summed E-state index contributed by atoms with van der Waals surface area (Å²) in [5.74, 6) is 1.19. The van der Waals surface area contributed by atoms with Crippen molar-refractivity contribution in [3.05, 3.63) is 29.8 Å². The molecule has 2 heteroatoms. The van der Waals surface area contributed by atoms with Gasteiger partial charge in [0.25, 0.3) is 0 Å². The van der Waals surface area contributed by atoms with Crippen LogP contribution in [0.1, 0.15) is 24.2 Å². The van der Waals surface area contributed by atoms with Crippen molar-refractivity contribution < 1.29 is 9.53 Å². The fourth-order valence-corrected chi connectivity index (χ4v) is 0.842. The van der Waals surface area contributed by atoms with Crippen molar-refractivity contribution in [3.63, 3.8) is 0 Å². The molecule has 0 aliphatic heterocycles. The van der Waals surface area contributed by atoms with E-state index in [1.165, 1.54) is 0 Å². The van der Waals surface area contributed by atoms with Crippen LogP contribution in [0.4, 0.5) is 0 Å².